The van der Waals surface area contributed by atoms with Crippen LogP contribution in [-0.4, -0.2) is 30.5 Å². The van der Waals surface area contributed by atoms with Crippen LogP contribution in [0.2, 0.25) is 0 Å². The van der Waals surface area contributed by atoms with E-state index in [1.807, 2.05) is 24.1 Å². The zero-order chi connectivity index (χ0) is 15.8. The maximum Gasteiger partial charge on any atom is 0.222 e. The first-order valence-corrected chi connectivity index (χ1v) is 8.68. The van der Waals surface area contributed by atoms with E-state index in [4.69, 9.17) is 4.74 Å². The van der Waals surface area contributed by atoms with Crippen LogP contribution < -0.4 is 4.74 Å². The van der Waals surface area contributed by atoms with Gasteiger partial charge in [0.25, 0.3) is 0 Å². The summed E-state index contributed by atoms with van der Waals surface area (Å²) in [7, 11) is 1.90. The van der Waals surface area contributed by atoms with E-state index in [1.165, 1.54) is 31.2 Å². The van der Waals surface area contributed by atoms with E-state index >= 15 is 0 Å². The Labute approximate surface area is 134 Å². The standard InChI is InChI=1S/C19H29NO2/c1-3-4-14-20(2)19(21)13-12-16-8-7-11-18(15-16)22-17-9-5-6-10-17/h7-8,11,15,17H,3-6,9-10,12-14H2,1-2H3. The third kappa shape index (κ3) is 5.36. The summed E-state index contributed by atoms with van der Waals surface area (Å²) in [6.45, 7) is 3.01. The summed E-state index contributed by atoms with van der Waals surface area (Å²) in [4.78, 5) is 13.9. The van der Waals surface area contributed by atoms with Crippen LogP contribution in [-0.2, 0) is 11.2 Å². The predicted molar refractivity (Wildman–Crippen MR) is 90.2 cm³/mol. The zero-order valence-corrected chi connectivity index (χ0v) is 14.0. The van der Waals surface area contributed by atoms with Crippen molar-refractivity contribution < 1.29 is 9.53 Å². The van der Waals surface area contributed by atoms with E-state index in [0.717, 1.165) is 31.6 Å². The highest BCUT2D eigenvalue weighted by molar-refractivity contribution is 5.76. The number of ether oxygens (including phenoxy) is 1. The third-order valence-electron chi connectivity index (χ3n) is 4.40. The lowest BCUT2D eigenvalue weighted by atomic mass is 10.1. The van der Waals surface area contributed by atoms with Gasteiger partial charge in [-0.25, -0.2) is 0 Å². The van der Waals surface area contributed by atoms with E-state index in [9.17, 15) is 4.79 Å². The first kappa shape index (κ1) is 16.9. The van der Waals surface area contributed by atoms with Crippen LogP contribution in [0.4, 0.5) is 0 Å². The molecule has 22 heavy (non-hydrogen) atoms. The monoisotopic (exact) mass is 303 g/mol. The van der Waals surface area contributed by atoms with Crippen molar-refractivity contribution in [2.24, 2.45) is 0 Å². The molecular formula is C19H29NO2. The third-order valence-corrected chi connectivity index (χ3v) is 4.40. The van der Waals surface area contributed by atoms with E-state index in [1.54, 1.807) is 0 Å². The van der Waals surface area contributed by atoms with Crippen molar-refractivity contribution in [2.75, 3.05) is 13.6 Å². The average Bonchev–Trinajstić information content (AvgIpc) is 3.03. The van der Waals surface area contributed by atoms with Crippen LogP contribution >= 0.6 is 0 Å². The maximum absolute atomic E-state index is 12.1. The summed E-state index contributed by atoms with van der Waals surface area (Å²) in [5.74, 6) is 1.19. The molecule has 1 saturated carbocycles. The van der Waals surface area contributed by atoms with Crippen molar-refractivity contribution in [1.82, 2.24) is 4.90 Å². The Bertz CT molecular complexity index is 466. The van der Waals surface area contributed by atoms with E-state index in [0.29, 0.717) is 12.5 Å². The lowest BCUT2D eigenvalue weighted by molar-refractivity contribution is -0.129. The van der Waals surface area contributed by atoms with Crippen LogP contribution in [0, 0.1) is 0 Å². The fourth-order valence-corrected chi connectivity index (χ4v) is 2.94. The molecule has 0 N–H and O–H groups in total. The van der Waals surface area contributed by atoms with Gasteiger partial charge in [0.1, 0.15) is 5.75 Å². The van der Waals surface area contributed by atoms with Gasteiger partial charge in [0.15, 0.2) is 0 Å². The number of rotatable bonds is 8. The molecule has 1 aromatic rings. The summed E-state index contributed by atoms with van der Waals surface area (Å²) < 4.78 is 6.03. The number of hydrogen-bond donors (Lipinski definition) is 0. The van der Waals surface area contributed by atoms with Gasteiger partial charge in [-0.15, -0.1) is 0 Å². The number of benzene rings is 1. The number of carbonyl (C=O) groups is 1. The highest BCUT2D eigenvalue weighted by Crippen LogP contribution is 2.24. The van der Waals surface area contributed by atoms with Gasteiger partial charge >= 0.3 is 0 Å². The average molecular weight is 303 g/mol. The summed E-state index contributed by atoms with van der Waals surface area (Å²) >= 11 is 0. The number of amides is 1. The fourth-order valence-electron chi connectivity index (χ4n) is 2.94. The second-order valence-corrected chi connectivity index (χ2v) is 6.34. The highest BCUT2D eigenvalue weighted by atomic mass is 16.5. The van der Waals surface area contributed by atoms with Gasteiger partial charge in [0.2, 0.25) is 5.91 Å². The van der Waals surface area contributed by atoms with Crippen molar-refractivity contribution in [3.63, 3.8) is 0 Å². The van der Waals surface area contributed by atoms with Gasteiger partial charge < -0.3 is 9.64 Å². The Morgan fingerprint density at radius 2 is 2.09 bits per heavy atom. The van der Waals surface area contributed by atoms with Crippen molar-refractivity contribution in [3.05, 3.63) is 29.8 Å². The summed E-state index contributed by atoms with van der Waals surface area (Å²) in [5, 5.41) is 0. The molecule has 122 valence electrons. The number of carbonyl (C=O) groups excluding carboxylic acids is 1. The maximum atomic E-state index is 12.1. The molecule has 2 rings (SSSR count). The molecular weight excluding hydrogens is 274 g/mol. The molecule has 0 heterocycles. The molecule has 1 aliphatic rings. The Morgan fingerprint density at radius 3 is 2.82 bits per heavy atom. The first-order valence-electron chi connectivity index (χ1n) is 8.68. The van der Waals surface area contributed by atoms with Crippen molar-refractivity contribution >= 4 is 5.91 Å². The Hall–Kier alpha value is -1.51. The molecule has 1 fully saturated rings. The predicted octanol–water partition coefficient (Wildman–Crippen LogP) is 4.20. The van der Waals surface area contributed by atoms with Crippen LogP contribution in [0.3, 0.4) is 0 Å². The van der Waals surface area contributed by atoms with E-state index in [-0.39, 0.29) is 5.91 Å². The molecule has 0 saturated heterocycles. The topological polar surface area (TPSA) is 29.5 Å². The number of unbranched alkanes of at least 4 members (excludes halogenated alkanes) is 1. The van der Waals surface area contributed by atoms with Gasteiger partial charge in [-0.05, 0) is 56.2 Å². The van der Waals surface area contributed by atoms with Crippen LogP contribution in [0.25, 0.3) is 0 Å². The second-order valence-electron chi connectivity index (χ2n) is 6.34. The van der Waals surface area contributed by atoms with Crippen LogP contribution in [0.5, 0.6) is 5.75 Å². The van der Waals surface area contributed by atoms with Crippen molar-refractivity contribution in [2.45, 2.75) is 64.4 Å². The van der Waals surface area contributed by atoms with Gasteiger partial charge in [-0.2, -0.15) is 0 Å². The molecule has 0 spiro atoms. The second kappa shape index (κ2) is 8.82. The fraction of sp³-hybridized carbons (Fsp3) is 0.632. The number of aryl methyl sites for hydroxylation is 1. The molecule has 3 nitrogen and oxygen atoms in total. The SMILES string of the molecule is CCCCN(C)C(=O)CCc1cccc(OC2CCCC2)c1. The van der Waals surface area contributed by atoms with E-state index < -0.39 is 0 Å². The van der Waals surface area contributed by atoms with Gasteiger partial charge in [-0.3, -0.25) is 4.79 Å². The molecule has 0 unspecified atom stereocenters. The lowest BCUT2D eigenvalue weighted by Crippen LogP contribution is -2.27. The molecule has 1 aromatic carbocycles. The van der Waals surface area contributed by atoms with Gasteiger partial charge in [0, 0.05) is 20.0 Å². The van der Waals surface area contributed by atoms with E-state index in [2.05, 4.69) is 19.1 Å². The van der Waals surface area contributed by atoms with Gasteiger partial charge in [0.05, 0.1) is 6.10 Å². The molecule has 0 atom stereocenters. The molecule has 0 aliphatic heterocycles. The Kier molecular flexibility index (Phi) is 6.75. The minimum absolute atomic E-state index is 0.232. The first-order chi connectivity index (χ1) is 10.7. The molecule has 0 bridgehead atoms. The van der Waals surface area contributed by atoms with Crippen LogP contribution in [0.1, 0.15) is 57.4 Å². The smallest absolute Gasteiger partial charge is 0.222 e. The minimum Gasteiger partial charge on any atom is -0.490 e. The lowest BCUT2D eigenvalue weighted by Gasteiger charge is -2.17. The van der Waals surface area contributed by atoms with Crippen LogP contribution in [0.15, 0.2) is 24.3 Å². The summed E-state index contributed by atoms with van der Waals surface area (Å²) in [6.07, 6.45) is 8.86. The highest BCUT2D eigenvalue weighted by Gasteiger charge is 2.16. The zero-order valence-electron chi connectivity index (χ0n) is 14.0. The van der Waals surface area contributed by atoms with Gasteiger partial charge in [-0.1, -0.05) is 25.5 Å². The molecule has 0 radical (unpaired) electrons. The normalized spacial score (nSPS) is 15.0. The summed E-state index contributed by atoms with van der Waals surface area (Å²) in [5.41, 5.74) is 1.19. The number of nitrogens with zero attached hydrogens (tertiary/aromatic N) is 1. The quantitative estimate of drug-likeness (QED) is 0.720. The Balaban J connectivity index is 1.80. The number of hydrogen-bond acceptors (Lipinski definition) is 2. The Morgan fingerprint density at radius 1 is 1.32 bits per heavy atom. The largest absolute Gasteiger partial charge is 0.490 e. The summed E-state index contributed by atoms with van der Waals surface area (Å²) in [6, 6.07) is 8.24. The molecule has 1 amide bonds. The molecule has 1 aliphatic carbocycles. The minimum atomic E-state index is 0.232. The molecule has 3 heteroatoms. The van der Waals surface area contributed by atoms with Crippen molar-refractivity contribution in [3.8, 4) is 5.75 Å². The van der Waals surface area contributed by atoms with Crippen molar-refractivity contribution in [1.29, 1.82) is 0 Å². The molecule has 0 aromatic heterocycles.